The Morgan fingerprint density at radius 2 is 2.12 bits per heavy atom. The van der Waals surface area contributed by atoms with Crippen molar-refractivity contribution in [1.29, 1.82) is 0 Å². The minimum atomic E-state index is -1.06. The first-order valence-corrected chi connectivity index (χ1v) is 5.03. The fraction of sp³-hybridized carbons (Fsp3) is 0.167. The van der Waals surface area contributed by atoms with Crippen molar-refractivity contribution in [2.45, 2.75) is 6.92 Å². The molecule has 0 unspecified atom stereocenters. The van der Waals surface area contributed by atoms with Gasteiger partial charge in [-0.2, -0.15) is 5.10 Å². The molecule has 17 heavy (non-hydrogen) atoms. The van der Waals surface area contributed by atoms with Gasteiger partial charge in [-0.1, -0.05) is 6.07 Å². The number of carbonyl (C=O) groups is 1. The van der Waals surface area contributed by atoms with Crippen molar-refractivity contribution >= 4 is 5.97 Å². The van der Waals surface area contributed by atoms with Gasteiger partial charge in [0.05, 0.1) is 5.69 Å². The van der Waals surface area contributed by atoms with Crippen LogP contribution < -0.4 is 0 Å². The number of hydrogen-bond acceptors (Lipinski definition) is 2. The van der Waals surface area contributed by atoms with Gasteiger partial charge in [0.1, 0.15) is 11.5 Å². The SMILES string of the molecule is Cc1ccc(F)cc1-c1cc(C(=O)O)n(C)n1. The van der Waals surface area contributed by atoms with Crippen molar-refractivity contribution in [2.24, 2.45) is 7.05 Å². The van der Waals surface area contributed by atoms with E-state index in [0.29, 0.717) is 11.3 Å². The first-order valence-electron chi connectivity index (χ1n) is 5.03. The second kappa shape index (κ2) is 4.01. The topological polar surface area (TPSA) is 55.1 Å². The van der Waals surface area contributed by atoms with Crippen molar-refractivity contribution in [3.05, 3.63) is 41.3 Å². The number of aromatic carboxylic acids is 1. The Bertz CT molecular complexity index is 590. The van der Waals surface area contributed by atoms with E-state index >= 15 is 0 Å². The fourth-order valence-corrected chi connectivity index (χ4v) is 1.67. The zero-order valence-corrected chi connectivity index (χ0v) is 9.44. The van der Waals surface area contributed by atoms with Crippen LogP contribution in [0.15, 0.2) is 24.3 Å². The Morgan fingerprint density at radius 1 is 1.41 bits per heavy atom. The molecule has 4 nitrogen and oxygen atoms in total. The fourth-order valence-electron chi connectivity index (χ4n) is 1.67. The van der Waals surface area contributed by atoms with E-state index in [2.05, 4.69) is 5.10 Å². The van der Waals surface area contributed by atoms with E-state index in [1.54, 1.807) is 13.1 Å². The molecule has 5 heteroatoms. The van der Waals surface area contributed by atoms with Crippen LogP contribution in [0.1, 0.15) is 16.1 Å². The quantitative estimate of drug-likeness (QED) is 0.866. The summed E-state index contributed by atoms with van der Waals surface area (Å²) in [6.07, 6.45) is 0. The van der Waals surface area contributed by atoms with Crippen LogP contribution in [-0.2, 0) is 7.05 Å². The molecular weight excluding hydrogens is 223 g/mol. The van der Waals surface area contributed by atoms with Crippen LogP contribution in [0.4, 0.5) is 4.39 Å². The number of nitrogens with zero attached hydrogens (tertiary/aromatic N) is 2. The van der Waals surface area contributed by atoms with Gasteiger partial charge in [-0.05, 0) is 30.7 Å². The molecule has 2 rings (SSSR count). The second-order valence-corrected chi connectivity index (χ2v) is 3.80. The number of benzene rings is 1. The molecule has 1 N–H and O–H groups in total. The summed E-state index contributed by atoms with van der Waals surface area (Å²) in [7, 11) is 1.54. The number of halogens is 1. The van der Waals surface area contributed by atoms with Crippen LogP contribution in [0.25, 0.3) is 11.3 Å². The molecule has 0 fully saturated rings. The standard InChI is InChI=1S/C12H11FN2O2/c1-7-3-4-8(13)5-9(7)10-6-11(12(16)17)15(2)14-10/h3-6H,1-2H3,(H,16,17). The number of aryl methyl sites for hydroxylation is 2. The Hall–Kier alpha value is -2.17. The maximum atomic E-state index is 13.1. The molecule has 0 radical (unpaired) electrons. The highest BCUT2D eigenvalue weighted by atomic mass is 19.1. The first-order chi connectivity index (χ1) is 7.99. The second-order valence-electron chi connectivity index (χ2n) is 3.80. The van der Waals surface area contributed by atoms with Crippen LogP contribution in [0.5, 0.6) is 0 Å². The van der Waals surface area contributed by atoms with Crippen LogP contribution >= 0.6 is 0 Å². The van der Waals surface area contributed by atoms with Gasteiger partial charge in [0.25, 0.3) is 0 Å². The van der Waals surface area contributed by atoms with Crippen LogP contribution in [0.3, 0.4) is 0 Å². The van der Waals surface area contributed by atoms with Crippen LogP contribution in [-0.4, -0.2) is 20.9 Å². The lowest BCUT2D eigenvalue weighted by Crippen LogP contribution is -2.04. The highest BCUT2D eigenvalue weighted by Gasteiger charge is 2.14. The smallest absolute Gasteiger partial charge is 0.354 e. The summed E-state index contributed by atoms with van der Waals surface area (Å²) in [5.41, 5.74) is 1.99. The van der Waals surface area contributed by atoms with Gasteiger partial charge in [0.15, 0.2) is 0 Å². The van der Waals surface area contributed by atoms with Crippen molar-refractivity contribution in [2.75, 3.05) is 0 Å². The highest BCUT2D eigenvalue weighted by Crippen LogP contribution is 2.23. The molecule has 0 amide bonds. The average molecular weight is 234 g/mol. The predicted molar refractivity (Wildman–Crippen MR) is 60.3 cm³/mol. The van der Waals surface area contributed by atoms with Crippen molar-refractivity contribution in [3.8, 4) is 11.3 Å². The minimum Gasteiger partial charge on any atom is -0.477 e. The molecule has 0 aliphatic rings. The van der Waals surface area contributed by atoms with E-state index in [-0.39, 0.29) is 11.5 Å². The van der Waals surface area contributed by atoms with E-state index in [1.807, 2.05) is 6.92 Å². The molecule has 0 atom stereocenters. The van der Waals surface area contributed by atoms with E-state index in [0.717, 1.165) is 5.56 Å². The molecule has 1 aromatic heterocycles. The molecule has 1 heterocycles. The third-order valence-corrected chi connectivity index (χ3v) is 2.57. The van der Waals surface area contributed by atoms with Gasteiger partial charge < -0.3 is 5.11 Å². The maximum Gasteiger partial charge on any atom is 0.354 e. The van der Waals surface area contributed by atoms with E-state index in [1.165, 1.54) is 22.9 Å². The lowest BCUT2D eigenvalue weighted by atomic mass is 10.1. The van der Waals surface area contributed by atoms with Gasteiger partial charge in [-0.3, -0.25) is 4.68 Å². The summed E-state index contributed by atoms with van der Waals surface area (Å²) in [6.45, 7) is 1.82. The molecule has 2 aromatic rings. The van der Waals surface area contributed by atoms with Crippen molar-refractivity contribution in [1.82, 2.24) is 9.78 Å². The summed E-state index contributed by atoms with van der Waals surface area (Å²) in [6, 6.07) is 5.78. The normalized spacial score (nSPS) is 10.5. The molecule has 0 spiro atoms. The molecule has 0 aliphatic carbocycles. The summed E-state index contributed by atoms with van der Waals surface area (Å²) in [4.78, 5) is 10.9. The lowest BCUT2D eigenvalue weighted by Gasteiger charge is -2.01. The average Bonchev–Trinajstić information content (AvgIpc) is 2.64. The number of carboxylic acids is 1. The first kappa shape index (κ1) is 11.3. The van der Waals surface area contributed by atoms with Gasteiger partial charge >= 0.3 is 5.97 Å². The zero-order valence-electron chi connectivity index (χ0n) is 9.44. The largest absolute Gasteiger partial charge is 0.477 e. The Balaban J connectivity index is 2.57. The van der Waals surface area contributed by atoms with Gasteiger partial charge in [-0.25, -0.2) is 9.18 Å². The van der Waals surface area contributed by atoms with Gasteiger partial charge in [0, 0.05) is 12.6 Å². The number of rotatable bonds is 2. The molecule has 0 saturated carbocycles. The van der Waals surface area contributed by atoms with E-state index < -0.39 is 5.97 Å². The molecule has 0 aliphatic heterocycles. The molecule has 1 aromatic carbocycles. The summed E-state index contributed by atoms with van der Waals surface area (Å²) >= 11 is 0. The minimum absolute atomic E-state index is 0.0728. The lowest BCUT2D eigenvalue weighted by molar-refractivity contribution is 0.0685. The molecule has 0 bridgehead atoms. The van der Waals surface area contributed by atoms with Crippen molar-refractivity contribution < 1.29 is 14.3 Å². The Labute approximate surface area is 97.3 Å². The Morgan fingerprint density at radius 3 is 2.71 bits per heavy atom. The van der Waals surface area contributed by atoms with Crippen LogP contribution in [0, 0.1) is 12.7 Å². The zero-order chi connectivity index (χ0) is 12.6. The monoisotopic (exact) mass is 234 g/mol. The molecular formula is C12H11FN2O2. The highest BCUT2D eigenvalue weighted by molar-refractivity contribution is 5.87. The Kier molecular flexibility index (Phi) is 2.67. The number of aromatic nitrogens is 2. The number of hydrogen-bond donors (Lipinski definition) is 1. The maximum absolute atomic E-state index is 13.1. The van der Waals surface area contributed by atoms with E-state index in [9.17, 15) is 9.18 Å². The third kappa shape index (κ3) is 2.04. The van der Waals surface area contributed by atoms with Gasteiger partial charge in [-0.15, -0.1) is 0 Å². The molecule has 88 valence electrons. The van der Waals surface area contributed by atoms with Crippen LogP contribution in [0.2, 0.25) is 0 Å². The van der Waals surface area contributed by atoms with Gasteiger partial charge in [0.2, 0.25) is 0 Å². The van der Waals surface area contributed by atoms with E-state index in [4.69, 9.17) is 5.11 Å². The predicted octanol–water partition coefficient (Wildman–Crippen LogP) is 2.23. The molecule has 0 saturated heterocycles. The third-order valence-electron chi connectivity index (χ3n) is 2.57. The summed E-state index contributed by atoms with van der Waals surface area (Å²) < 4.78 is 14.4. The summed E-state index contributed by atoms with van der Waals surface area (Å²) in [5, 5.41) is 13.0. The van der Waals surface area contributed by atoms with Crippen molar-refractivity contribution in [3.63, 3.8) is 0 Å². The number of carboxylic acid groups (broad SMARTS) is 1. The summed E-state index contributed by atoms with van der Waals surface area (Å²) in [5.74, 6) is -1.42.